The highest BCUT2D eigenvalue weighted by molar-refractivity contribution is 6.31. The fourth-order valence-corrected chi connectivity index (χ4v) is 3.48. The van der Waals surface area contributed by atoms with E-state index >= 15 is 0 Å². The Morgan fingerprint density at radius 2 is 1.79 bits per heavy atom. The lowest BCUT2D eigenvalue weighted by molar-refractivity contribution is 0.0735. The van der Waals surface area contributed by atoms with Gasteiger partial charge in [0.2, 0.25) is 0 Å². The number of nitrogen functional groups attached to an aromatic ring is 2. The number of amides is 2. The van der Waals surface area contributed by atoms with E-state index in [0.29, 0.717) is 12.1 Å². The molecule has 0 radical (unpaired) electrons. The number of guanidine groups is 1. The van der Waals surface area contributed by atoms with Crippen molar-refractivity contribution in [3.63, 3.8) is 0 Å². The van der Waals surface area contributed by atoms with Crippen molar-refractivity contribution in [1.82, 2.24) is 30.8 Å². The Morgan fingerprint density at radius 1 is 1.09 bits per heavy atom. The molecule has 176 valence electrons. The lowest BCUT2D eigenvalue weighted by atomic mass is 10.1. The summed E-state index contributed by atoms with van der Waals surface area (Å²) < 4.78 is 0. The largest absolute Gasteiger partial charge is 0.382 e. The first-order chi connectivity index (χ1) is 15.8. The summed E-state index contributed by atoms with van der Waals surface area (Å²) >= 11 is 5.77. The molecule has 8 N–H and O–H groups in total. The molecule has 1 fully saturated rings. The normalized spacial score (nSPS) is 13.4. The SMILES string of the molecule is N=C(NCCCCc1ccc(C(=O)N2CCNCC2)cc1)NC(=O)c1nc(Cl)c(N)nc1N. The Labute approximate surface area is 196 Å². The van der Waals surface area contributed by atoms with Gasteiger partial charge in [-0.2, -0.15) is 0 Å². The van der Waals surface area contributed by atoms with Crippen molar-refractivity contribution in [3.8, 4) is 0 Å². The predicted octanol–water partition coefficient (Wildman–Crippen LogP) is 0.617. The number of aryl methyl sites for hydroxylation is 1. The summed E-state index contributed by atoms with van der Waals surface area (Å²) in [4.78, 5) is 34.1. The summed E-state index contributed by atoms with van der Waals surface area (Å²) in [6.07, 6.45) is 2.51. The molecule has 1 aliphatic rings. The molecular weight excluding hydrogens is 446 g/mol. The quantitative estimate of drug-likeness (QED) is 0.192. The molecule has 1 aromatic heterocycles. The molecule has 0 atom stereocenters. The topological polar surface area (TPSA) is 175 Å². The highest BCUT2D eigenvalue weighted by atomic mass is 35.5. The van der Waals surface area contributed by atoms with Gasteiger partial charge in [0, 0.05) is 38.3 Å². The molecular formula is C21H28ClN9O2. The minimum atomic E-state index is -0.699. The molecule has 3 rings (SSSR count). The summed E-state index contributed by atoms with van der Waals surface area (Å²) in [6.45, 7) is 3.63. The predicted molar refractivity (Wildman–Crippen MR) is 127 cm³/mol. The minimum Gasteiger partial charge on any atom is -0.382 e. The molecule has 2 aromatic rings. The van der Waals surface area contributed by atoms with Crippen molar-refractivity contribution in [2.45, 2.75) is 19.3 Å². The lowest BCUT2D eigenvalue weighted by Crippen LogP contribution is -2.46. The van der Waals surface area contributed by atoms with Gasteiger partial charge in [-0.05, 0) is 37.0 Å². The number of nitrogens with one attached hydrogen (secondary N) is 4. The van der Waals surface area contributed by atoms with E-state index in [-0.39, 0.29) is 34.3 Å². The second kappa shape index (κ2) is 11.4. The maximum Gasteiger partial charge on any atom is 0.280 e. The standard InChI is InChI=1S/C21H28ClN9O2/c22-16-18(24)29-17(23)15(28-16)19(32)30-21(25)27-8-2-1-3-13-4-6-14(7-5-13)20(33)31-11-9-26-10-12-31/h4-7,26H,1-3,8-12H2,(H4,23,24,29)(H3,25,27,30,32). The molecule has 2 amide bonds. The van der Waals surface area contributed by atoms with Crippen molar-refractivity contribution >= 4 is 41.0 Å². The Hall–Kier alpha value is -3.44. The molecule has 1 saturated heterocycles. The zero-order chi connectivity index (χ0) is 23.8. The first-order valence-corrected chi connectivity index (χ1v) is 11.0. The van der Waals surface area contributed by atoms with Crippen LogP contribution in [0.4, 0.5) is 11.6 Å². The van der Waals surface area contributed by atoms with Gasteiger partial charge in [0.1, 0.15) is 0 Å². The molecule has 12 heteroatoms. The van der Waals surface area contributed by atoms with Crippen LogP contribution in [0.3, 0.4) is 0 Å². The maximum absolute atomic E-state index is 12.5. The Bertz CT molecular complexity index is 1010. The minimum absolute atomic E-state index is 0.0697. The fraction of sp³-hybridized carbons (Fsp3) is 0.381. The fourth-order valence-electron chi connectivity index (χ4n) is 3.36. The highest BCUT2D eigenvalue weighted by Gasteiger charge is 2.18. The molecule has 0 spiro atoms. The van der Waals surface area contributed by atoms with E-state index in [9.17, 15) is 9.59 Å². The second-order valence-corrected chi connectivity index (χ2v) is 7.94. The molecule has 0 saturated carbocycles. The van der Waals surface area contributed by atoms with Crippen molar-refractivity contribution in [2.24, 2.45) is 0 Å². The number of nitrogens with zero attached hydrogens (tertiary/aromatic N) is 3. The number of hydrogen-bond acceptors (Lipinski definition) is 8. The molecule has 11 nitrogen and oxygen atoms in total. The monoisotopic (exact) mass is 473 g/mol. The van der Waals surface area contributed by atoms with E-state index in [1.54, 1.807) is 0 Å². The average molecular weight is 474 g/mol. The van der Waals surface area contributed by atoms with Gasteiger partial charge >= 0.3 is 0 Å². The van der Waals surface area contributed by atoms with Gasteiger partial charge in [0.05, 0.1) is 0 Å². The van der Waals surface area contributed by atoms with Crippen LogP contribution in [0.2, 0.25) is 5.15 Å². The highest BCUT2D eigenvalue weighted by Crippen LogP contribution is 2.17. The number of halogens is 1. The smallest absolute Gasteiger partial charge is 0.280 e. The van der Waals surface area contributed by atoms with Crippen molar-refractivity contribution in [3.05, 3.63) is 46.2 Å². The van der Waals surface area contributed by atoms with Crippen LogP contribution in [0.5, 0.6) is 0 Å². The first kappa shape index (κ1) is 24.2. The zero-order valence-electron chi connectivity index (χ0n) is 18.2. The summed E-state index contributed by atoms with van der Waals surface area (Å²) in [6, 6.07) is 7.71. The van der Waals surface area contributed by atoms with Crippen molar-refractivity contribution < 1.29 is 9.59 Å². The Morgan fingerprint density at radius 3 is 2.48 bits per heavy atom. The van der Waals surface area contributed by atoms with E-state index < -0.39 is 5.91 Å². The van der Waals surface area contributed by atoms with Gasteiger partial charge < -0.3 is 27.0 Å². The van der Waals surface area contributed by atoms with E-state index in [4.69, 9.17) is 28.5 Å². The van der Waals surface area contributed by atoms with E-state index in [0.717, 1.165) is 51.0 Å². The van der Waals surface area contributed by atoms with Crippen LogP contribution in [0.15, 0.2) is 24.3 Å². The molecule has 33 heavy (non-hydrogen) atoms. The molecule has 2 heterocycles. The summed E-state index contributed by atoms with van der Waals surface area (Å²) in [5.74, 6) is -1.04. The molecule has 0 bridgehead atoms. The van der Waals surface area contributed by atoms with Crippen LogP contribution in [0, 0.1) is 5.41 Å². The van der Waals surface area contributed by atoms with Crippen LogP contribution >= 0.6 is 11.6 Å². The van der Waals surface area contributed by atoms with E-state index in [1.165, 1.54) is 0 Å². The Kier molecular flexibility index (Phi) is 8.39. The van der Waals surface area contributed by atoms with Gasteiger partial charge in [-0.1, -0.05) is 23.7 Å². The van der Waals surface area contributed by atoms with Gasteiger partial charge in [-0.25, -0.2) is 9.97 Å². The van der Waals surface area contributed by atoms with Crippen molar-refractivity contribution in [2.75, 3.05) is 44.2 Å². The number of unbranched alkanes of at least 4 members (excludes halogenated alkanes) is 1. The third-order valence-corrected chi connectivity index (χ3v) is 5.44. The summed E-state index contributed by atoms with van der Waals surface area (Å²) in [5.41, 5.74) is 12.8. The Balaban J connectivity index is 1.36. The lowest BCUT2D eigenvalue weighted by Gasteiger charge is -2.27. The molecule has 1 aromatic carbocycles. The van der Waals surface area contributed by atoms with Gasteiger partial charge in [-0.15, -0.1) is 0 Å². The molecule has 0 aliphatic carbocycles. The molecule has 1 aliphatic heterocycles. The summed E-state index contributed by atoms with van der Waals surface area (Å²) in [5, 5.41) is 16.1. The number of aromatic nitrogens is 2. The maximum atomic E-state index is 12.5. The van der Waals surface area contributed by atoms with Crippen LogP contribution < -0.4 is 27.4 Å². The van der Waals surface area contributed by atoms with Crippen molar-refractivity contribution in [1.29, 1.82) is 5.41 Å². The van der Waals surface area contributed by atoms with Crippen LogP contribution in [-0.2, 0) is 6.42 Å². The first-order valence-electron chi connectivity index (χ1n) is 10.7. The number of carbonyl (C=O) groups is 2. The summed E-state index contributed by atoms with van der Waals surface area (Å²) in [7, 11) is 0. The number of hydrogen-bond donors (Lipinski definition) is 6. The number of nitrogens with two attached hydrogens (primary N) is 2. The number of rotatable bonds is 7. The van der Waals surface area contributed by atoms with Crippen LogP contribution in [-0.4, -0.2) is 65.4 Å². The van der Waals surface area contributed by atoms with Gasteiger partial charge in [-0.3, -0.25) is 20.3 Å². The van der Waals surface area contributed by atoms with Gasteiger partial charge in [0.15, 0.2) is 28.4 Å². The number of benzene rings is 1. The van der Waals surface area contributed by atoms with E-state index in [2.05, 4.69) is 25.9 Å². The third-order valence-electron chi connectivity index (χ3n) is 5.16. The van der Waals surface area contributed by atoms with Crippen LogP contribution in [0.25, 0.3) is 0 Å². The number of anilines is 2. The molecule has 0 unspecified atom stereocenters. The van der Waals surface area contributed by atoms with Crippen LogP contribution in [0.1, 0.15) is 39.3 Å². The third kappa shape index (κ3) is 6.77. The van der Waals surface area contributed by atoms with E-state index in [1.807, 2.05) is 29.2 Å². The number of carbonyl (C=O) groups excluding carboxylic acids is 2. The van der Waals surface area contributed by atoms with Gasteiger partial charge in [0.25, 0.3) is 11.8 Å². The average Bonchev–Trinajstić information content (AvgIpc) is 2.81. The zero-order valence-corrected chi connectivity index (χ0v) is 18.9. The number of piperazine rings is 1. The second-order valence-electron chi connectivity index (χ2n) is 7.59.